The van der Waals surface area contributed by atoms with Crippen LogP contribution in [0.4, 0.5) is 0 Å². The summed E-state index contributed by atoms with van der Waals surface area (Å²) in [6.45, 7) is 2.32. The molecule has 5 heteroatoms. The highest BCUT2D eigenvalue weighted by Crippen LogP contribution is 2.41. The number of esters is 1. The van der Waals surface area contributed by atoms with Gasteiger partial charge >= 0.3 is 5.97 Å². The Labute approximate surface area is 211 Å². The summed E-state index contributed by atoms with van der Waals surface area (Å²) >= 11 is 0. The Kier molecular flexibility index (Phi) is 7.17. The van der Waals surface area contributed by atoms with Crippen molar-refractivity contribution in [3.05, 3.63) is 119 Å². The van der Waals surface area contributed by atoms with E-state index in [1.54, 1.807) is 6.07 Å². The summed E-state index contributed by atoms with van der Waals surface area (Å²) in [5, 5.41) is 0. The molecule has 1 aliphatic rings. The number of aryl methyl sites for hydroxylation is 1. The Morgan fingerprint density at radius 1 is 0.806 bits per heavy atom. The van der Waals surface area contributed by atoms with Gasteiger partial charge in [0.05, 0.1) is 0 Å². The number of fused-ring (bicyclic) bond motifs is 1. The van der Waals surface area contributed by atoms with Gasteiger partial charge in [-0.25, -0.2) is 0 Å². The minimum atomic E-state index is -0.385. The molecule has 0 saturated heterocycles. The second kappa shape index (κ2) is 11.0. The van der Waals surface area contributed by atoms with Gasteiger partial charge in [-0.1, -0.05) is 66.7 Å². The van der Waals surface area contributed by atoms with E-state index in [0.717, 1.165) is 46.6 Å². The normalized spacial score (nSPS) is 14.3. The average Bonchev–Trinajstić information content (AvgIpc) is 2.91. The quantitative estimate of drug-likeness (QED) is 0.204. The van der Waals surface area contributed by atoms with Crippen LogP contribution in [0.15, 0.2) is 97.1 Å². The number of rotatable bonds is 8. The summed E-state index contributed by atoms with van der Waals surface area (Å²) < 4.78 is 23.9. The third-order valence-corrected chi connectivity index (χ3v) is 6.07. The molecule has 1 heterocycles. The summed E-state index contributed by atoms with van der Waals surface area (Å²) in [6.07, 6.45) is 1.37. The van der Waals surface area contributed by atoms with E-state index in [2.05, 4.69) is 6.07 Å². The first-order valence-corrected chi connectivity index (χ1v) is 12.1. The molecule has 5 nitrogen and oxygen atoms in total. The van der Waals surface area contributed by atoms with Gasteiger partial charge in [-0.05, 0) is 47.7 Å². The summed E-state index contributed by atoms with van der Waals surface area (Å²) in [5.41, 5.74) is 4.12. The molecular weight excluding hydrogens is 452 g/mol. The highest BCUT2D eigenvalue weighted by Gasteiger charge is 2.25. The van der Waals surface area contributed by atoms with Gasteiger partial charge in [0, 0.05) is 24.6 Å². The Balaban J connectivity index is 1.31. The molecule has 0 amide bonds. The molecule has 4 aromatic carbocycles. The van der Waals surface area contributed by atoms with Crippen LogP contribution in [0.3, 0.4) is 0 Å². The lowest BCUT2D eigenvalue weighted by molar-refractivity contribution is -0.132. The first-order valence-electron chi connectivity index (χ1n) is 12.1. The van der Waals surface area contributed by atoms with Crippen LogP contribution in [0.2, 0.25) is 0 Å². The van der Waals surface area contributed by atoms with Crippen molar-refractivity contribution in [2.45, 2.75) is 39.1 Å². The summed E-state index contributed by atoms with van der Waals surface area (Å²) in [5.74, 6) is 2.24. The van der Waals surface area contributed by atoms with Crippen LogP contribution in [0.25, 0.3) is 0 Å². The Hall–Kier alpha value is -4.25. The largest absolute Gasteiger partial charge is 0.489 e. The number of hydrogen-bond donors (Lipinski definition) is 0. The molecule has 1 aliphatic heterocycles. The van der Waals surface area contributed by atoms with Crippen molar-refractivity contribution in [2.75, 3.05) is 0 Å². The van der Waals surface area contributed by atoms with E-state index in [0.29, 0.717) is 24.7 Å². The number of ether oxygens (including phenoxy) is 4. The maximum atomic E-state index is 11.9. The van der Waals surface area contributed by atoms with Crippen molar-refractivity contribution in [3.63, 3.8) is 0 Å². The minimum Gasteiger partial charge on any atom is -0.489 e. The molecule has 0 aromatic heterocycles. The Morgan fingerprint density at radius 3 is 2.06 bits per heavy atom. The van der Waals surface area contributed by atoms with Crippen LogP contribution < -0.4 is 18.9 Å². The fourth-order valence-corrected chi connectivity index (χ4v) is 4.25. The molecule has 0 N–H and O–H groups in total. The minimum absolute atomic E-state index is 0.251. The molecule has 0 radical (unpaired) electrons. The van der Waals surface area contributed by atoms with Gasteiger partial charge in [0.1, 0.15) is 42.3 Å². The topological polar surface area (TPSA) is 54.0 Å². The van der Waals surface area contributed by atoms with E-state index in [4.69, 9.17) is 18.9 Å². The van der Waals surface area contributed by atoms with Gasteiger partial charge in [0.15, 0.2) is 0 Å². The molecule has 1 unspecified atom stereocenters. The SMILES string of the molecule is CC(=O)Oc1cc(OCc2ccccc2)ccc1C1CCc2ccc(OCc3ccccc3)cc2O1. The number of carbonyl (C=O) groups excluding carboxylic acids is 1. The van der Waals surface area contributed by atoms with Crippen molar-refractivity contribution < 1.29 is 23.7 Å². The van der Waals surface area contributed by atoms with Gasteiger partial charge < -0.3 is 18.9 Å². The zero-order valence-corrected chi connectivity index (χ0v) is 20.2. The molecule has 0 fully saturated rings. The lowest BCUT2D eigenvalue weighted by atomic mass is 9.96. The fraction of sp³-hybridized carbons (Fsp3) is 0.194. The molecule has 182 valence electrons. The number of benzene rings is 4. The van der Waals surface area contributed by atoms with E-state index in [1.165, 1.54) is 6.92 Å². The first kappa shape index (κ1) is 23.5. The van der Waals surface area contributed by atoms with Gasteiger partial charge in [0.2, 0.25) is 0 Å². The molecular formula is C31H28O5. The van der Waals surface area contributed by atoms with Crippen molar-refractivity contribution in [2.24, 2.45) is 0 Å². The van der Waals surface area contributed by atoms with E-state index in [1.807, 2.05) is 84.9 Å². The molecule has 36 heavy (non-hydrogen) atoms. The van der Waals surface area contributed by atoms with E-state index in [-0.39, 0.29) is 12.1 Å². The molecule has 0 aliphatic carbocycles. The predicted molar refractivity (Wildman–Crippen MR) is 137 cm³/mol. The number of carbonyl (C=O) groups is 1. The van der Waals surface area contributed by atoms with Crippen LogP contribution >= 0.6 is 0 Å². The maximum absolute atomic E-state index is 11.9. The van der Waals surface area contributed by atoms with Gasteiger partial charge in [-0.2, -0.15) is 0 Å². The first-order chi connectivity index (χ1) is 17.6. The molecule has 5 rings (SSSR count). The molecule has 0 bridgehead atoms. The van der Waals surface area contributed by atoms with Gasteiger partial charge in [-0.3, -0.25) is 4.79 Å². The van der Waals surface area contributed by atoms with Crippen LogP contribution in [-0.2, 0) is 24.4 Å². The third kappa shape index (κ3) is 5.87. The summed E-state index contributed by atoms with van der Waals surface area (Å²) in [6, 6.07) is 31.5. The second-order valence-corrected chi connectivity index (χ2v) is 8.76. The van der Waals surface area contributed by atoms with Crippen molar-refractivity contribution in [3.8, 4) is 23.0 Å². The molecule has 0 spiro atoms. The van der Waals surface area contributed by atoms with E-state index < -0.39 is 0 Å². The third-order valence-electron chi connectivity index (χ3n) is 6.07. The maximum Gasteiger partial charge on any atom is 0.308 e. The molecule has 4 aromatic rings. The lowest BCUT2D eigenvalue weighted by Crippen LogP contribution is -2.17. The highest BCUT2D eigenvalue weighted by molar-refractivity contribution is 5.70. The smallest absolute Gasteiger partial charge is 0.308 e. The highest BCUT2D eigenvalue weighted by atomic mass is 16.5. The van der Waals surface area contributed by atoms with Gasteiger partial charge in [0.25, 0.3) is 0 Å². The standard InChI is InChI=1S/C31H28O5/c1-22(32)35-31-19-27(34-21-24-10-6-3-7-11-24)15-16-28(31)29-17-13-25-12-14-26(18-30(25)36-29)33-20-23-8-4-2-5-9-23/h2-12,14-16,18-19,29H,13,17,20-21H2,1H3. The Bertz CT molecular complexity index is 1320. The van der Waals surface area contributed by atoms with Crippen LogP contribution in [0.1, 0.15) is 41.7 Å². The molecule has 1 atom stereocenters. The van der Waals surface area contributed by atoms with Crippen LogP contribution in [0.5, 0.6) is 23.0 Å². The predicted octanol–water partition coefficient (Wildman–Crippen LogP) is 6.84. The van der Waals surface area contributed by atoms with Crippen LogP contribution in [-0.4, -0.2) is 5.97 Å². The van der Waals surface area contributed by atoms with E-state index >= 15 is 0 Å². The van der Waals surface area contributed by atoms with Crippen LogP contribution in [0, 0.1) is 0 Å². The van der Waals surface area contributed by atoms with Gasteiger partial charge in [-0.15, -0.1) is 0 Å². The average molecular weight is 481 g/mol. The summed E-state index contributed by atoms with van der Waals surface area (Å²) in [4.78, 5) is 11.9. The number of hydrogen-bond acceptors (Lipinski definition) is 5. The Morgan fingerprint density at radius 2 is 1.42 bits per heavy atom. The molecule has 0 saturated carbocycles. The zero-order valence-electron chi connectivity index (χ0n) is 20.2. The zero-order chi connectivity index (χ0) is 24.7. The van der Waals surface area contributed by atoms with Crippen molar-refractivity contribution >= 4 is 5.97 Å². The van der Waals surface area contributed by atoms with Crippen molar-refractivity contribution in [1.29, 1.82) is 0 Å². The lowest BCUT2D eigenvalue weighted by Gasteiger charge is -2.28. The van der Waals surface area contributed by atoms with E-state index in [9.17, 15) is 4.79 Å². The summed E-state index contributed by atoms with van der Waals surface area (Å²) in [7, 11) is 0. The monoisotopic (exact) mass is 480 g/mol. The second-order valence-electron chi connectivity index (χ2n) is 8.76. The fourth-order valence-electron chi connectivity index (χ4n) is 4.25. The van der Waals surface area contributed by atoms with Crippen molar-refractivity contribution in [1.82, 2.24) is 0 Å².